The molecule has 1 amide bonds. The van der Waals surface area contributed by atoms with Crippen LogP contribution in [0.5, 0.6) is 11.5 Å². The Morgan fingerprint density at radius 3 is 2.96 bits per heavy atom. The van der Waals surface area contributed by atoms with Crippen LogP contribution in [0.2, 0.25) is 0 Å². The summed E-state index contributed by atoms with van der Waals surface area (Å²) in [6, 6.07) is 5.92. The van der Waals surface area contributed by atoms with Crippen molar-refractivity contribution in [2.75, 3.05) is 46.9 Å². The summed E-state index contributed by atoms with van der Waals surface area (Å²) in [4.78, 5) is 15.7. The summed E-state index contributed by atoms with van der Waals surface area (Å²) < 4.78 is 16.9. The second-order valence-corrected chi connectivity index (χ2v) is 6.84. The monoisotopic (exact) mass is 330 g/mol. The van der Waals surface area contributed by atoms with E-state index in [0.717, 1.165) is 43.1 Å². The molecule has 0 bridgehead atoms. The molecule has 3 heterocycles. The van der Waals surface area contributed by atoms with E-state index in [4.69, 9.17) is 14.2 Å². The van der Waals surface area contributed by atoms with E-state index in [9.17, 15) is 4.79 Å². The van der Waals surface area contributed by atoms with Crippen molar-refractivity contribution in [3.8, 4) is 11.5 Å². The number of benzene rings is 1. The largest absolute Gasteiger partial charge is 0.493 e. The highest BCUT2D eigenvalue weighted by Gasteiger charge is 2.48. The van der Waals surface area contributed by atoms with Crippen LogP contribution < -0.4 is 9.47 Å². The molecule has 6 heteroatoms. The Balaban J connectivity index is 1.45. The molecule has 1 spiro atoms. The minimum Gasteiger partial charge on any atom is -0.493 e. The first-order valence-corrected chi connectivity index (χ1v) is 8.24. The first kappa shape index (κ1) is 15.3. The Bertz CT molecular complexity index is 702. The molecule has 1 aromatic carbocycles. The molecule has 0 saturated carbocycles. The fourth-order valence-corrected chi connectivity index (χ4v) is 3.83. The molecule has 3 aliphatic heterocycles. The molecule has 24 heavy (non-hydrogen) atoms. The lowest BCUT2D eigenvalue weighted by molar-refractivity contribution is 0.0640. The van der Waals surface area contributed by atoms with E-state index in [2.05, 4.69) is 11.0 Å². The molecule has 4 rings (SSSR count). The molecule has 0 aromatic heterocycles. The predicted molar refractivity (Wildman–Crippen MR) is 89.4 cm³/mol. The third kappa shape index (κ3) is 2.60. The van der Waals surface area contributed by atoms with E-state index in [1.807, 2.05) is 18.2 Å². The van der Waals surface area contributed by atoms with Gasteiger partial charge in [0.15, 0.2) is 11.5 Å². The highest BCUT2D eigenvalue weighted by Crippen LogP contribution is 2.36. The smallest absolute Gasteiger partial charge is 0.410 e. The number of carbonyl (C=O) groups is 1. The van der Waals surface area contributed by atoms with Crippen molar-refractivity contribution < 1.29 is 19.0 Å². The van der Waals surface area contributed by atoms with Crippen LogP contribution in [-0.4, -0.2) is 68.4 Å². The van der Waals surface area contributed by atoms with E-state index in [1.54, 1.807) is 19.1 Å². The van der Waals surface area contributed by atoms with Crippen LogP contribution >= 0.6 is 0 Å². The number of hydrogen-bond donors (Lipinski definition) is 0. The highest BCUT2D eigenvalue weighted by molar-refractivity contribution is 5.70. The maximum absolute atomic E-state index is 11.7. The average molecular weight is 330 g/mol. The summed E-state index contributed by atoms with van der Waals surface area (Å²) in [7, 11) is 3.45. The lowest BCUT2D eigenvalue weighted by atomic mass is 10.0. The van der Waals surface area contributed by atoms with Gasteiger partial charge in [0.25, 0.3) is 0 Å². The number of para-hydroxylation sites is 1. The highest BCUT2D eigenvalue weighted by atomic mass is 16.6. The van der Waals surface area contributed by atoms with E-state index in [1.165, 1.54) is 5.57 Å². The molecule has 3 aliphatic rings. The van der Waals surface area contributed by atoms with E-state index in [-0.39, 0.29) is 11.7 Å². The van der Waals surface area contributed by atoms with Gasteiger partial charge in [-0.2, -0.15) is 0 Å². The fourth-order valence-electron chi connectivity index (χ4n) is 3.83. The molecule has 128 valence electrons. The van der Waals surface area contributed by atoms with Crippen molar-refractivity contribution in [3.63, 3.8) is 0 Å². The number of ether oxygens (including phenoxy) is 3. The average Bonchev–Trinajstić information content (AvgIpc) is 3.08. The van der Waals surface area contributed by atoms with Gasteiger partial charge in [0.2, 0.25) is 0 Å². The summed E-state index contributed by atoms with van der Waals surface area (Å²) >= 11 is 0. The number of hydrogen-bond acceptors (Lipinski definition) is 5. The van der Waals surface area contributed by atoms with Crippen LogP contribution in [0, 0.1) is 0 Å². The first-order valence-electron chi connectivity index (χ1n) is 8.24. The number of nitrogens with zero attached hydrogens (tertiary/aromatic N) is 2. The number of methoxy groups -OCH3 is 1. The zero-order chi connectivity index (χ0) is 16.7. The molecule has 0 unspecified atom stereocenters. The summed E-state index contributed by atoms with van der Waals surface area (Å²) in [5.41, 5.74) is 1.95. The van der Waals surface area contributed by atoms with Gasteiger partial charge in [-0.3, -0.25) is 4.90 Å². The number of likely N-dealkylation sites (N-methyl/N-ethyl adjacent to an activating group) is 1. The topological polar surface area (TPSA) is 51.2 Å². The molecule has 0 aliphatic carbocycles. The van der Waals surface area contributed by atoms with E-state index >= 15 is 0 Å². The van der Waals surface area contributed by atoms with Crippen molar-refractivity contribution in [2.24, 2.45) is 0 Å². The van der Waals surface area contributed by atoms with Gasteiger partial charge in [-0.1, -0.05) is 12.1 Å². The number of rotatable bonds is 3. The number of likely N-dealkylation sites (tertiary alicyclic amines) is 1. The zero-order valence-electron chi connectivity index (χ0n) is 14.1. The number of amides is 1. The molecule has 1 atom stereocenters. The van der Waals surface area contributed by atoms with Crippen molar-refractivity contribution in [1.29, 1.82) is 0 Å². The lowest BCUT2D eigenvalue weighted by Crippen LogP contribution is -2.38. The number of fused-ring (bicyclic) bond motifs is 1. The summed E-state index contributed by atoms with van der Waals surface area (Å²) in [6.07, 6.45) is 2.86. The van der Waals surface area contributed by atoms with E-state index in [0.29, 0.717) is 13.2 Å². The van der Waals surface area contributed by atoms with Crippen molar-refractivity contribution in [3.05, 3.63) is 29.3 Å². The SMILES string of the molecule is COc1cccc2c1OCC(CN1CC[C@]3(C1)CN(C)C(=O)O3)=C2. The Labute approximate surface area is 141 Å². The minimum atomic E-state index is -0.330. The minimum absolute atomic E-state index is 0.210. The van der Waals surface area contributed by atoms with Gasteiger partial charge in [0.1, 0.15) is 12.2 Å². The standard InChI is InChI=1S/C18H22N2O4/c1-19-11-18(24-17(19)21)6-7-20(12-18)9-13-8-14-4-3-5-15(22-2)16(14)23-10-13/h3-5,8H,6-7,9-12H2,1-2H3/t18-/m1/s1. The normalized spacial score (nSPS) is 26.2. The van der Waals surface area contributed by atoms with Gasteiger partial charge in [-0.15, -0.1) is 0 Å². The third-order valence-electron chi connectivity index (χ3n) is 4.95. The molecule has 6 nitrogen and oxygen atoms in total. The van der Waals surface area contributed by atoms with Crippen LogP contribution in [0.25, 0.3) is 6.08 Å². The lowest BCUT2D eigenvalue weighted by Gasteiger charge is -2.25. The Kier molecular flexibility index (Phi) is 3.64. The molecule has 0 N–H and O–H groups in total. The molecule has 0 radical (unpaired) electrons. The van der Waals surface area contributed by atoms with Gasteiger partial charge in [0.05, 0.1) is 13.7 Å². The van der Waals surface area contributed by atoms with Crippen LogP contribution in [0.3, 0.4) is 0 Å². The summed E-state index contributed by atoms with van der Waals surface area (Å²) in [6.45, 7) is 3.79. The molecule has 2 fully saturated rings. The van der Waals surface area contributed by atoms with Crippen LogP contribution in [0.4, 0.5) is 4.79 Å². The van der Waals surface area contributed by atoms with Gasteiger partial charge in [-0.25, -0.2) is 4.79 Å². The van der Waals surface area contributed by atoms with Crippen molar-refractivity contribution >= 4 is 12.2 Å². The second-order valence-electron chi connectivity index (χ2n) is 6.84. The summed E-state index contributed by atoms with van der Waals surface area (Å²) in [5.74, 6) is 1.58. The predicted octanol–water partition coefficient (Wildman–Crippen LogP) is 2.00. The zero-order valence-corrected chi connectivity index (χ0v) is 14.1. The van der Waals surface area contributed by atoms with Gasteiger partial charge < -0.3 is 19.1 Å². The van der Waals surface area contributed by atoms with Crippen molar-refractivity contribution in [1.82, 2.24) is 9.80 Å². The molecular weight excluding hydrogens is 308 g/mol. The Hall–Kier alpha value is -2.21. The fraction of sp³-hybridized carbons (Fsp3) is 0.500. The molecule has 1 aromatic rings. The van der Waals surface area contributed by atoms with E-state index < -0.39 is 0 Å². The first-order chi connectivity index (χ1) is 11.6. The third-order valence-corrected chi connectivity index (χ3v) is 4.95. The second kappa shape index (κ2) is 5.70. The van der Waals surface area contributed by atoms with Gasteiger partial charge >= 0.3 is 6.09 Å². The maximum atomic E-state index is 11.7. The van der Waals surface area contributed by atoms with Crippen molar-refractivity contribution in [2.45, 2.75) is 12.0 Å². The number of carbonyl (C=O) groups excluding carboxylic acids is 1. The Morgan fingerprint density at radius 2 is 2.21 bits per heavy atom. The van der Waals surface area contributed by atoms with Crippen LogP contribution in [0.15, 0.2) is 23.8 Å². The Morgan fingerprint density at radius 1 is 1.33 bits per heavy atom. The molecular formula is C18H22N2O4. The quantitative estimate of drug-likeness (QED) is 0.848. The van der Waals surface area contributed by atoms with Gasteiger partial charge in [0, 0.05) is 38.7 Å². The van der Waals surface area contributed by atoms with Crippen LogP contribution in [-0.2, 0) is 4.74 Å². The molecule has 2 saturated heterocycles. The van der Waals surface area contributed by atoms with Gasteiger partial charge in [-0.05, 0) is 17.7 Å². The van der Waals surface area contributed by atoms with Crippen LogP contribution in [0.1, 0.15) is 12.0 Å². The summed E-state index contributed by atoms with van der Waals surface area (Å²) in [5, 5.41) is 0. The maximum Gasteiger partial charge on any atom is 0.410 e.